The summed E-state index contributed by atoms with van der Waals surface area (Å²) in [5, 5.41) is 0. The number of phosphoric acid groups is 1. The summed E-state index contributed by atoms with van der Waals surface area (Å²) in [4.78, 5) is 37.8. The van der Waals surface area contributed by atoms with Crippen molar-refractivity contribution in [2.75, 3.05) is 47.5 Å². The first-order valence-corrected chi connectivity index (χ1v) is 30.4. The van der Waals surface area contributed by atoms with Gasteiger partial charge in [0.05, 0.1) is 27.7 Å². The van der Waals surface area contributed by atoms with Gasteiger partial charge in [-0.05, 0) is 77.0 Å². The molecule has 0 saturated carbocycles. The number of hydrogen-bond acceptors (Lipinski definition) is 8. The summed E-state index contributed by atoms with van der Waals surface area (Å²) in [7, 11) is 1.15. The van der Waals surface area contributed by atoms with Crippen molar-refractivity contribution < 1.29 is 42.1 Å². The SMILES string of the molecule is CC/C=C\C/C=C\C/C=C\C/C=C\C/C=C\C/C=C\C/C=C\C/C=C\CCCCCCCCC(=O)OC(COC(=O)CCCCCCCCCCCCCCCCCCC)COP(=O)([O-])OCC[N+](C)(C)C. The molecule has 9 nitrogen and oxygen atoms in total. The van der Waals surface area contributed by atoms with E-state index in [-0.39, 0.29) is 32.0 Å². The van der Waals surface area contributed by atoms with E-state index in [2.05, 4.69) is 111 Å². The number of carbonyl (C=O) groups excluding carboxylic acids is 2. The number of likely N-dealkylation sites (N-methyl/N-ethyl adjacent to an activating group) is 1. The highest BCUT2D eigenvalue weighted by atomic mass is 31.2. The van der Waals surface area contributed by atoms with Gasteiger partial charge in [-0.1, -0.05) is 239 Å². The molecule has 0 aliphatic carbocycles. The van der Waals surface area contributed by atoms with Crippen LogP contribution in [0.1, 0.15) is 232 Å². The van der Waals surface area contributed by atoms with Gasteiger partial charge in [0.25, 0.3) is 7.82 Å². The Morgan fingerprint density at radius 2 is 0.792 bits per heavy atom. The van der Waals surface area contributed by atoms with Crippen molar-refractivity contribution in [2.45, 2.75) is 238 Å². The molecular weight excluding hydrogens is 918 g/mol. The number of nitrogens with zero attached hydrogens (tertiary/aromatic N) is 1. The summed E-state index contributed by atoms with van der Waals surface area (Å²) in [5.41, 5.74) is 0. The molecule has 10 heteroatoms. The van der Waals surface area contributed by atoms with E-state index >= 15 is 0 Å². The van der Waals surface area contributed by atoms with Crippen LogP contribution in [0.15, 0.2) is 97.2 Å². The fraction of sp³-hybridized carbons (Fsp3) is 0.710. The van der Waals surface area contributed by atoms with Crippen molar-refractivity contribution in [1.82, 2.24) is 0 Å². The maximum absolute atomic E-state index is 12.8. The van der Waals surface area contributed by atoms with Crippen molar-refractivity contribution in [3.05, 3.63) is 97.2 Å². The van der Waals surface area contributed by atoms with Gasteiger partial charge in [0.1, 0.15) is 19.8 Å². The summed E-state index contributed by atoms with van der Waals surface area (Å²) in [5.74, 6) is -0.849. The third-order valence-electron chi connectivity index (χ3n) is 12.1. The first-order valence-electron chi connectivity index (χ1n) is 28.9. The van der Waals surface area contributed by atoms with Gasteiger partial charge in [0.15, 0.2) is 6.10 Å². The van der Waals surface area contributed by atoms with E-state index in [0.29, 0.717) is 17.4 Å². The van der Waals surface area contributed by atoms with Crippen molar-refractivity contribution in [1.29, 1.82) is 0 Å². The molecule has 0 spiro atoms. The molecule has 0 bridgehead atoms. The van der Waals surface area contributed by atoms with Gasteiger partial charge in [0, 0.05) is 12.8 Å². The van der Waals surface area contributed by atoms with Crippen molar-refractivity contribution >= 4 is 19.8 Å². The van der Waals surface area contributed by atoms with Crippen LogP contribution in [0.4, 0.5) is 0 Å². The predicted molar refractivity (Wildman–Crippen MR) is 305 cm³/mol. The molecule has 0 radical (unpaired) electrons. The number of hydrogen-bond donors (Lipinski definition) is 0. The Kier molecular flexibility index (Phi) is 50.5. The van der Waals surface area contributed by atoms with E-state index in [9.17, 15) is 19.0 Å². The van der Waals surface area contributed by atoms with Crippen LogP contribution in [-0.4, -0.2) is 70.0 Å². The van der Waals surface area contributed by atoms with E-state index in [1.54, 1.807) is 0 Å². The van der Waals surface area contributed by atoms with Crippen LogP contribution in [0.3, 0.4) is 0 Å². The summed E-state index contributed by atoms with van der Waals surface area (Å²) < 4.78 is 34.1. The second-order valence-electron chi connectivity index (χ2n) is 20.3. The summed E-state index contributed by atoms with van der Waals surface area (Å²) in [6, 6.07) is 0. The monoisotopic (exact) mass is 1030 g/mol. The van der Waals surface area contributed by atoms with Gasteiger partial charge in [-0.25, -0.2) is 0 Å². The van der Waals surface area contributed by atoms with E-state index in [1.807, 2.05) is 21.1 Å². The fourth-order valence-electron chi connectivity index (χ4n) is 7.67. The van der Waals surface area contributed by atoms with Crippen LogP contribution < -0.4 is 4.89 Å². The van der Waals surface area contributed by atoms with Crippen LogP contribution in [0.5, 0.6) is 0 Å². The van der Waals surface area contributed by atoms with Gasteiger partial charge >= 0.3 is 11.9 Å². The number of quaternary nitrogens is 1. The Hall–Kier alpha value is -3.07. The average Bonchev–Trinajstić information content (AvgIpc) is 3.34. The molecule has 0 aliphatic heterocycles. The van der Waals surface area contributed by atoms with E-state index in [0.717, 1.165) is 109 Å². The summed E-state index contributed by atoms with van der Waals surface area (Å²) in [6.07, 6.45) is 71.6. The van der Waals surface area contributed by atoms with Crippen molar-refractivity contribution in [3.8, 4) is 0 Å². The number of phosphoric ester groups is 1. The summed E-state index contributed by atoms with van der Waals surface area (Å²) >= 11 is 0. The zero-order valence-electron chi connectivity index (χ0n) is 46.8. The lowest BCUT2D eigenvalue weighted by Crippen LogP contribution is -2.37. The van der Waals surface area contributed by atoms with E-state index in [1.165, 1.54) is 89.9 Å². The normalized spacial score (nSPS) is 14.0. The van der Waals surface area contributed by atoms with Crippen molar-refractivity contribution in [3.63, 3.8) is 0 Å². The van der Waals surface area contributed by atoms with Crippen LogP contribution in [-0.2, 0) is 32.7 Å². The fourth-order valence-corrected chi connectivity index (χ4v) is 8.40. The van der Waals surface area contributed by atoms with Crippen LogP contribution in [0.25, 0.3) is 0 Å². The van der Waals surface area contributed by atoms with Crippen LogP contribution in [0, 0.1) is 0 Å². The minimum absolute atomic E-state index is 0.0375. The zero-order chi connectivity index (χ0) is 52.7. The maximum atomic E-state index is 12.8. The first-order chi connectivity index (χ1) is 35.0. The Balaban J connectivity index is 4.22. The zero-order valence-corrected chi connectivity index (χ0v) is 47.7. The molecule has 0 amide bonds. The molecular formula is C62H108NO8P. The molecule has 0 aromatic carbocycles. The molecule has 414 valence electrons. The van der Waals surface area contributed by atoms with Crippen LogP contribution >= 0.6 is 7.82 Å². The van der Waals surface area contributed by atoms with Crippen molar-refractivity contribution in [2.24, 2.45) is 0 Å². The third kappa shape index (κ3) is 56.2. The topological polar surface area (TPSA) is 111 Å². The highest BCUT2D eigenvalue weighted by molar-refractivity contribution is 7.45. The molecule has 2 atom stereocenters. The number of unbranched alkanes of at least 4 members (excludes halogenated alkanes) is 22. The molecule has 72 heavy (non-hydrogen) atoms. The highest BCUT2D eigenvalue weighted by Crippen LogP contribution is 2.38. The quantitative estimate of drug-likeness (QED) is 0.0195. The highest BCUT2D eigenvalue weighted by Gasteiger charge is 2.21. The van der Waals surface area contributed by atoms with Gasteiger partial charge in [0.2, 0.25) is 0 Å². The summed E-state index contributed by atoms with van der Waals surface area (Å²) in [6.45, 7) is 4.11. The average molecular weight is 1030 g/mol. The lowest BCUT2D eigenvalue weighted by Gasteiger charge is -2.28. The number of carbonyl (C=O) groups is 2. The number of ether oxygens (including phenoxy) is 2. The largest absolute Gasteiger partial charge is 0.756 e. The molecule has 0 aliphatic rings. The smallest absolute Gasteiger partial charge is 0.306 e. The molecule has 0 N–H and O–H groups in total. The second kappa shape index (κ2) is 52.8. The molecule has 0 rings (SSSR count). The van der Waals surface area contributed by atoms with Gasteiger partial charge in [-0.3, -0.25) is 14.2 Å². The second-order valence-corrected chi connectivity index (χ2v) is 21.7. The van der Waals surface area contributed by atoms with E-state index in [4.69, 9.17) is 18.5 Å². The Morgan fingerprint density at radius 3 is 1.18 bits per heavy atom. The Bertz CT molecular complexity index is 1540. The lowest BCUT2D eigenvalue weighted by atomic mass is 10.0. The number of allylic oxidation sites excluding steroid dienone is 16. The van der Waals surface area contributed by atoms with Gasteiger partial charge < -0.3 is 27.9 Å². The Morgan fingerprint density at radius 1 is 0.444 bits per heavy atom. The van der Waals surface area contributed by atoms with Crippen LogP contribution in [0.2, 0.25) is 0 Å². The number of esters is 2. The standard InChI is InChI=1S/C62H108NO8P/c1-6-8-10-12-14-16-18-20-22-24-25-26-27-28-29-30-31-32-33-34-35-36-37-39-41-43-45-47-49-51-53-55-62(65)71-60(59-70-72(66,67)69-57-56-63(3,4)5)58-68-61(64)54-52-50-48-46-44-42-40-38-23-21-19-17-15-13-11-9-7-2/h8,10,14,16,20,22,25-26,28-29,31-32,34-35,37,39,60H,6-7,9,11-13,15,17-19,21,23-24,27,30,33,36,38,40-59H2,1-5H3/b10-8-,16-14-,22-20-,26-25-,29-28-,32-31-,35-34-,39-37-. The minimum atomic E-state index is -4.64. The molecule has 0 heterocycles. The predicted octanol–water partition coefficient (Wildman–Crippen LogP) is 17.4. The molecule has 2 unspecified atom stereocenters. The molecule has 0 aromatic rings. The minimum Gasteiger partial charge on any atom is -0.756 e. The molecule has 0 saturated heterocycles. The molecule has 0 fully saturated rings. The van der Waals surface area contributed by atoms with E-state index < -0.39 is 26.5 Å². The van der Waals surface area contributed by atoms with Gasteiger partial charge in [-0.2, -0.15) is 0 Å². The van der Waals surface area contributed by atoms with Gasteiger partial charge in [-0.15, -0.1) is 0 Å². The molecule has 0 aromatic heterocycles. The lowest BCUT2D eigenvalue weighted by molar-refractivity contribution is -0.870. The first kappa shape index (κ1) is 68.9. The Labute approximate surface area is 443 Å². The number of rotatable bonds is 52. The maximum Gasteiger partial charge on any atom is 0.306 e. The third-order valence-corrected chi connectivity index (χ3v) is 13.1.